The van der Waals surface area contributed by atoms with E-state index in [0.29, 0.717) is 16.3 Å². The molecule has 0 atom stereocenters. The van der Waals surface area contributed by atoms with Crippen LogP contribution in [0.2, 0.25) is 5.02 Å². The molecule has 0 bridgehead atoms. The number of aliphatic carboxylic acids is 1. The van der Waals surface area contributed by atoms with Gasteiger partial charge in [-0.1, -0.05) is 11.6 Å². The number of carboxylic acid groups (broad SMARTS) is 1. The van der Waals surface area contributed by atoms with Crippen molar-refractivity contribution < 1.29 is 14.7 Å². The highest BCUT2D eigenvalue weighted by Crippen LogP contribution is 2.20. The van der Waals surface area contributed by atoms with Crippen molar-refractivity contribution in [2.24, 2.45) is 0 Å². The van der Waals surface area contributed by atoms with Crippen molar-refractivity contribution in [3.63, 3.8) is 0 Å². The van der Waals surface area contributed by atoms with Crippen LogP contribution in [-0.2, 0) is 4.79 Å². The lowest BCUT2D eigenvalue weighted by Gasteiger charge is -2.24. The van der Waals surface area contributed by atoms with Crippen molar-refractivity contribution in [1.29, 1.82) is 0 Å². The molecule has 0 aliphatic heterocycles. The number of nitrogens with two attached hydrogens (primary N) is 1. The number of carboxylic acids is 1. The Bertz CT molecular complexity index is 486. The van der Waals surface area contributed by atoms with E-state index in [1.54, 1.807) is 13.8 Å². The minimum Gasteiger partial charge on any atom is -0.481 e. The fraction of sp³-hybridized carbons (Fsp3) is 0.333. The molecule has 0 aliphatic rings. The highest BCUT2D eigenvalue weighted by molar-refractivity contribution is 6.33. The first-order chi connectivity index (χ1) is 8.21. The molecule has 4 N–H and O–H groups in total. The standard InChI is InChI=1S/C12H15ClN2O3/c1-12(2,6-10(16)17)15-11(18)7-3-4-9(14)8(13)5-7/h3-5H,6,14H2,1-2H3,(H,15,18)(H,16,17). The largest absolute Gasteiger partial charge is 0.481 e. The van der Waals surface area contributed by atoms with Crippen molar-refractivity contribution in [2.45, 2.75) is 25.8 Å². The molecule has 0 spiro atoms. The molecule has 0 saturated heterocycles. The second-order valence-electron chi connectivity index (χ2n) is 4.64. The predicted octanol–water partition coefficient (Wildman–Crippen LogP) is 1.91. The molecule has 0 unspecified atom stereocenters. The Morgan fingerprint density at radius 3 is 2.56 bits per heavy atom. The van der Waals surface area contributed by atoms with E-state index in [-0.39, 0.29) is 12.3 Å². The van der Waals surface area contributed by atoms with E-state index in [4.69, 9.17) is 22.4 Å². The number of hydrogen-bond donors (Lipinski definition) is 3. The fourth-order valence-electron chi connectivity index (χ4n) is 1.47. The van der Waals surface area contributed by atoms with Gasteiger partial charge in [-0.3, -0.25) is 9.59 Å². The van der Waals surface area contributed by atoms with Gasteiger partial charge in [0.1, 0.15) is 0 Å². The predicted molar refractivity (Wildman–Crippen MR) is 69.7 cm³/mol. The molecule has 1 amide bonds. The van der Waals surface area contributed by atoms with Crippen LogP contribution in [0, 0.1) is 0 Å². The third-order valence-corrected chi connectivity index (χ3v) is 2.64. The maximum atomic E-state index is 11.9. The maximum absolute atomic E-state index is 11.9. The van der Waals surface area contributed by atoms with Crippen molar-refractivity contribution in [2.75, 3.05) is 5.73 Å². The summed E-state index contributed by atoms with van der Waals surface area (Å²) in [6, 6.07) is 4.51. The quantitative estimate of drug-likeness (QED) is 0.729. The van der Waals surface area contributed by atoms with Gasteiger partial charge in [-0.2, -0.15) is 0 Å². The number of hydrogen-bond acceptors (Lipinski definition) is 3. The zero-order valence-corrected chi connectivity index (χ0v) is 10.9. The van der Waals surface area contributed by atoms with E-state index >= 15 is 0 Å². The molecule has 0 heterocycles. The smallest absolute Gasteiger partial charge is 0.305 e. The van der Waals surface area contributed by atoms with Crippen LogP contribution in [0.1, 0.15) is 30.6 Å². The Labute approximate surface area is 110 Å². The molecular formula is C12H15ClN2O3. The van der Waals surface area contributed by atoms with Gasteiger partial charge in [0.25, 0.3) is 5.91 Å². The van der Waals surface area contributed by atoms with E-state index in [9.17, 15) is 9.59 Å². The van der Waals surface area contributed by atoms with Gasteiger partial charge in [0.15, 0.2) is 0 Å². The number of rotatable bonds is 4. The summed E-state index contributed by atoms with van der Waals surface area (Å²) in [5, 5.41) is 11.6. The summed E-state index contributed by atoms with van der Waals surface area (Å²) in [6.45, 7) is 3.27. The second-order valence-corrected chi connectivity index (χ2v) is 5.05. The molecule has 0 saturated carbocycles. The number of anilines is 1. The lowest BCUT2D eigenvalue weighted by atomic mass is 10.00. The molecule has 5 nitrogen and oxygen atoms in total. The van der Waals surface area contributed by atoms with Crippen LogP contribution < -0.4 is 11.1 Å². The summed E-state index contributed by atoms with van der Waals surface area (Å²) in [4.78, 5) is 22.5. The van der Waals surface area contributed by atoms with Crippen LogP contribution in [-0.4, -0.2) is 22.5 Å². The van der Waals surface area contributed by atoms with Gasteiger partial charge >= 0.3 is 5.97 Å². The zero-order chi connectivity index (χ0) is 13.9. The Morgan fingerprint density at radius 2 is 2.06 bits per heavy atom. The Kier molecular flexibility index (Phi) is 4.19. The summed E-state index contributed by atoms with van der Waals surface area (Å²) in [7, 11) is 0. The molecular weight excluding hydrogens is 256 g/mol. The van der Waals surface area contributed by atoms with E-state index in [1.165, 1.54) is 18.2 Å². The van der Waals surface area contributed by atoms with Crippen LogP contribution in [0.3, 0.4) is 0 Å². The molecule has 1 aromatic rings. The summed E-state index contributed by atoms with van der Waals surface area (Å²) < 4.78 is 0. The minimum absolute atomic E-state index is 0.165. The van der Waals surface area contributed by atoms with Crippen LogP contribution in [0.5, 0.6) is 0 Å². The number of nitrogen functional groups attached to an aromatic ring is 1. The number of halogens is 1. The van der Waals surface area contributed by atoms with Gasteiger partial charge in [0.05, 0.1) is 17.1 Å². The number of carbonyl (C=O) groups is 2. The minimum atomic E-state index is -0.976. The Hall–Kier alpha value is -1.75. The van der Waals surface area contributed by atoms with Gasteiger partial charge < -0.3 is 16.2 Å². The van der Waals surface area contributed by atoms with Crippen LogP contribution >= 0.6 is 11.6 Å². The van der Waals surface area contributed by atoms with Crippen LogP contribution in [0.15, 0.2) is 18.2 Å². The number of benzene rings is 1. The van der Waals surface area contributed by atoms with Gasteiger partial charge in [0, 0.05) is 11.1 Å². The number of nitrogens with one attached hydrogen (secondary N) is 1. The van der Waals surface area contributed by atoms with Gasteiger partial charge in [-0.15, -0.1) is 0 Å². The zero-order valence-electron chi connectivity index (χ0n) is 10.2. The summed E-state index contributed by atoms with van der Waals surface area (Å²) in [6.07, 6.45) is -0.165. The monoisotopic (exact) mass is 270 g/mol. The van der Waals surface area contributed by atoms with Crippen LogP contribution in [0.4, 0.5) is 5.69 Å². The molecule has 1 aromatic carbocycles. The van der Waals surface area contributed by atoms with E-state index in [1.807, 2.05) is 0 Å². The summed E-state index contributed by atoms with van der Waals surface area (Å²) in [5.41, 5.74) is 5.43. The molecule has 0 radical (unpaired) electrons. The molecule has 6 heteroatoms. The van der Waals surface area contributed by atoms with Crippen LogP contribution in [0.25, 0.3) is 0 Å². The molecule has 0 fully saturated rings. The number of amides is 1. The van der Waals surface area contributed by atoms with Gasteiger partial charge in [0.2, 0.25) is 0 Å². The Morgan fingerprint density at radius 1 is 1.44 bits per heavy atom. The summed E-state index contributed by atoms with van der Waals surface area (Å²) >= 11 is 5.81. The molecule has 0 aromatic heterocycles. The topological polar surface area (TPSA) is 92.4 Å². The second kappa shape index (κ2) is 5.27. The molecule has 1 rings (SSSR count). The maximum Gasteiger partial charge on any atom is 0.305 e. The third-order valence-electron chi connectivity index (χ3n) is 2.31. The average Bonchev–Trinajstić information content (AvgIpc) is 2.19. The van der Waals surface area contributed by atoms with Crippen molar-refractivity contribution in [3.05, 3.63) is 28.8 Å². The molecule has 98 valence electrons. The lowest BCUT2D eigenvalue weighted by molar-refractivity contribution is -0.138. The first-order valence-electron chi connectivity index (χ1n) is 5.30. The van der Waals surface area contributed by atoms with Gasteiger partial charge in [-0.25, -0.2) is 0 Å². The third kappa shape index (κ3) is 3.92. The average molecular weight is 271 g/mol. The summed E-state index contributed by atoms with van der Waals surface area (Å²) in [5.74, 6) is -1.36. The normalized spacial score (nSPS) is 11.1. The number of carbonyl (C=O) groups excluding carboxylic acids is 1. The molecule has 0 aliphatic carbocycles. The van der Waals surface area contributed by atoms with E-state index in [2.05, 4.69) is 5.32 Å². The SMILES string of the molecule is CC(C)(CC(=O)O)NC(=O)c1ccc(N)c(Cl)c1. The van der Waals surface area contributed by atoms with E-state index in [0.717, 1.165) is 0 Å². The van der Waals surface area contributed by atoms with Crippen molar-refractivity contribution in [3.8, 4) is 0 Å². The Balaban J connectivity index is 2.82. The van der Waals surface area contributed by atoms with Crippen molar-refractivity contribution in [1.82, 2.24) is 5.32 Å². The lowest BCUT2D eigenvalue weighted by Crippen LogP contribution is -2.44. The van der Waals surface area contributed by atoms with Crippen molar-refractivity contribution >= 4 is 29.2 Å². The molecule has 18 heavy (non-hydrogen) atoms. The fourth-order valence-corrected chi connectivity index (χ4v) is 1.65. The van der Waals surface area contributed by atoms with Gasteiger partial charge in [-0.05, 0) is 32.0 Å². The van der Waals surface area contributed by atoms with E-state index < -0.39 is 11.5 Å². The highest BCUT2D eigenvalue weighted by atomic mass is 35.5. The first-order valence-corrected chi connectivity index (χ1v) is 5.68. The highest BCUT2D eigenvalue weighted by Gasteiger charge is 2.24. The first kappa shape index (κ1) is 14.3.